The number of hydrogen-bond acceptors (Lipinski definition) is 9. The van der Waals surface area contributed by atoms with Crippen LogP contribution in [0.4, 0.5) is 0 Å². The van der Waals surface area contributed by atoms with Crippen molar-refractivity contribution in [2.24, 2.45) is 0 Å². The van der Waals surface area contributed by atoms with E-state index in [2.05, 4.69) is 52.0 Å². The summed E-state index contributed by atoms with van der Waals surface area (Å²) in [6.07, 6.45) is 36.7. The van der Waals surface area contributed by atoms with E-state index in [0.29, 0.717) is 26.2 Å². The fourth-order valence-electron chi connectivity index (χ4n) is 7.27. The van der Waals surface area contributed by atoms with Crippen molar-refractivity contribution in [2.45, 2.75) is 252 Å². The molecular formula is C51H104N2O7. The van der Waals surface area contributed by atoms with Crippen molar-refractivity contribution in [1.29, 1.82) is 0 Å². The maximum absolute atomic E-state index is 12.9. The minimum absolute atomic E-state index is 0.0275. The first-order chi connectivity index (χ1) is 29.5. The summed E-state index contributed by atoms with van der Waals surface area (Å²) < 4.78 is 36.9. The lowest BCUT2D eigenvalue weighted by atomic mass is 10.1. The second-order valence-electron chi connectivity index (χ2n) is 17.7. The quantitative estimate of drug-likeness (QED) is 0.0365. The van der Waals surface area contributed by atoms with Gasteiger partial charge in [0, 0.05) is 39.5 Å². The van der Waals surface area contributed by atoms with Crippen molar-refractivity contribution < 1.29 is 33.2 Å². The highest BCUT2D eigenvalue weighted by molar-refractivity contribution is 5.69. The van der Waals surface area contributed by atoms with E-state index in [-0.39, 0.29) is 24.6 Å². The molecule has 0 aliphatic heterocycles. The molecule has 0 rings (SSSR count). The Morgan fingerprint density at radius 3 is 1.25 bits per heavy atom. The Morgan fingerprint density at radius 2 is 0.833 bits per heavy atom. The Labute approximate surface area is 373 Å². The highest BCUT2D eigenvalue weighted by Gasteiger charge is 2.15. The van der Waals surface area contributed by atoms with Crippen molar-refractivity contribution >= 4 is 5.97 Å². The predicted octanol–water partition coefficient (Wildman–Crippen LogP) is 13.3. The summed E-state index contributed by atoms with van der Waals surface area (Å²) in [5.74, 6) is -0.138. The van der Waals surface area contributed by atoms with E-state index in [1.54, 1.807) is 0 Å². The Balaban J connectivity index is 4.70. The lowest BCUT2D eigenvalue weighted by Crippen LogP contribution is -2.39. The summed E-state index contributed by atoms with van der Waals surface area (Å²) >= 11 is 0. The Hall–Kier alpha value is -0.810. The van der Waals surface area contributed by atoms with Crippen LogP contribution in [0.1, 0.15) is 233 Å². The largest absolute Gasteiger partial charge is 0.464 e. The molecule has 0 fully saturated rings. The van der Waals surface area contributed by atoms with Crippen LogP contribution in [0.15, 0.2) is 0 Å². The van der Waals surface area contributed by atoms with Gasteiger partial charge in [0.2, 0.25) is 0 Å². The molecule has 0 aromatic carbocycles. The molecule has 1 atom stereocenters. The second-order valence-corrected chi connectivity index (χ2v) is 17.7. The number of carbonyl (C=O) groups excluding carboxylic acids is 1. The van der Waals surface area contributed by atoms with Crippen LogP contribution >= 0.6 is 0 Å². The van der Waals surface area contributed by atoms with E-state index in [9.17, 15) is 4.79 Å². The molecule has 0 spiro atoms. The molecule has 60 heavy (non-hydrogen) atoms. The summed E-state index contributed by atoms with van der Waals surface area (Å²) in [5.41, 5.74) is 0. The normalized spacial score (nSPS) is 12.4. The molecule has 0 amide bonds. The molecule has 1 unspecified atom stereocenters. The molecule has 0 bridgehead atoms. The molecule has 0 aliphatic carbocycles. The van der Waals surface area contributed by atoms with Crippen molar-refractivity contribution in [3.05, 3.63) is 0 Å². The van der Waals surface area contributed by atoms with Gasteiger partial charge in [-0.15, -0.1) is 0 Å². The zero-order chi connectivity index (χ0) is 43.8. The molecular weight excluding hydrogens is 753 g/mol. The summed E-state index contributed by atoms with van der Waals surface area (Å²) in [7, 11) is 4.19. The Kier molecular flexibility index (Phi) is 48.5. The molecule has 9 heteroatoms. The molecule has 360 valence electrons. The number of carbonyl (C=O) groups is 1. The van der Waals surface area contributed by atoms with Crippen LogP contribution in [0.3, 0.4) is 0 Å². The van der Waals surface area contributed by atoms with Gasteiger partial charge in [0.05, 0.1) is 12.6 Å². The van der Waals surface area contributed by atoms with Gasteiger partial charge in [0.25, 0.3) is 0 Å². The SMILES string of the molecule is CCCCCCCCOC(CCCCOCC(COC(=O)CCCCC(OCCCCCCCC)OCCCCCCCC)NCCCN(C)C)OCCCCCCCC. The van der Waals surface area contributed by atoms with Gasteiger partial charge < -0.3 is 38.6 Å². The Bertz CT molecular complexity index is 799. The number of nitrogens with one attached hydrogen (secondary N) is 1. The minimum Gasteiger partial charge on any atom is -0.464 e. The van der Waals surface area contributed by atoms with Gasteiger partial charge in [-0.25, -0.2) is 0 Å². The van der Waals surface area contributed by atoms with E-state index >= 15 is 0 Å². The lowest BCUT2D eigenvalue weighted by molar-refractivity contribution is -0.150. The van der Waals surface area contributed by atoms with E-state index in [1.807, 2.05) is 0 Å². The van der Waals surface area contributed by atoms with Crippen LogP contribution in [0.2, 0.25) is 0 Å². The number of nitrogens with zero attached hydrogens (tertiary/aromatic N) is 1. The first kappa shape index (κ1) is 59.2. The number of ether oxygens (including phenoxy) is 6. The molecule has 0 heterocycles. The Morgan fingerprint density at radius 1 is 0.450 bits per heavy atom. The smallest absolute Gasteiger partial charge is 0.305 e. The van der Waals surface area contributed by atoms with Crippen LogP contribution in [0, 0.1) is 0 Å². The summed E-state index contributed by atoms with van der Waals surface area (Å²) in [5, 5.41) is 3.59. The monoisotopic (exact) mass is 857 g/mol. The third-order valence-corrected chi connectivity index (χ3v) is 11.2. The number of rotatable bonds is 51. The molecule has 9 nitrogen and oxygen atoms in total. The minimum atomic E-state index is -0.179. The zero-order valence-electron chi connectivity index (χ0n) is 41.0. The topological polar surface area (TPSA) is 87.7 Å². The summed E-state index contributed by atoms with van der Waals surface area (Å²) in [4.78, 5) is 15.0. The molecule has 0 saturated carbocycles. The molecule has 0 aliphatic rings. The van der Waals surface area contributed by atoms with Crippen LogP contribution in [-0.2, 0) is 33.2 Å². The molecule has 0 aromatic heterocycles. The maximum atomic E-state index is 12.9. The zero-order valence-corrected chi connectivity index (χ0v) is 41.0. The molecule has 0 radical (unpaired) electrons. The van der Waals surface area contributed by atoms with E-state index in [1.165, 1.54) is 128 Å². The fraction of sp³-hybridized carbons (Fsp3) is 0.980. The fourth-order valence-corrected chi connectivity index (χ4v) is 7.27. The number of hydrogen-bond donors (Lipinski definition) is 1. The van der Waals surface area contributed by atoms with Crippen LogP contribution < -0.4 is 5.32 Å². The average molecular weight is 857 g/mol. The molecule has 1 N–H and O–H groups in total. The standard InChI is InChI=1S/C51H104N2O7/c1-7-11-15-19-23-30-42-56-50(57-43-31-24-20-16-12-8-2)37-28-27-36-49(54)60-47-48(52-39-35-40-53(5)6)46-55-41-34-29-38-51(58-44-32-25-21-17-13-9-3)59-45-33-26-22-18-14-10-4/h48,50-52H,7-47H2,1-6H3. The van der Waals surface area contributed by atoms with Gasteiger partial charge in [-0.3, -0.25) is 4.79 Å². The van der Waals surface area contributed by atoms with Gasteiger partial charge in [-0.05, 0) is 97.8 Å². The first-order valence-corrected chi connectivity index (χ1v) is 26.0. The first-order valence-electron chi connectivity index (χ1n) is 26.0. The van der Waals surface area contributed by atoms with Crippen LogP contribution in [0.5, 0.6) is 0 Å². The lowest BCUT2D eigenvalue weighted by Gasteiger charge is -2.21. The predicted molar refractivity (Wildman–Crippen MR) is 254 cm³/mol. The third-order valence-electron chi connectivity index (χ3n) is 11.2. The van der Waals surface area contributed by atoms with Gasteiger partial charge >= 0.3 is 5.97 Å². The molecule has 0 saturated heterocycles. The second kappa shape index (κ2) is 49.2. The van der Waals surface area contributed by atoms with E-state index in [0.717, 1.165) is 110 Å². The maximum Gasteiger partial charge on any atom is 0.305 e. The van der Waals surface area contributed by atoms with E-state index in [4.69, 9.17) is 28.4 Å². The van der Waals surface area contributed by atoms with Gasteiger partial charge in [0.15, 0.2) is 12.6 Å². The van der Waals surface area contributed by atoms with E-state index < -0.39 is 0 Å². The van der Waals surface area contributed by atoms with Crippen LogP contribution in [0.25, 0.3) is 0 Å². The van der Waals surface area contributed by atoms with Gasteiger partial charge in [0.1, 0.15) is 6.61 Å². The van der Waals surface area contributed by atoms with Crippen molar-refractivity contribution in [3.63, 3.8) is 0 Å². The van der Waals surface area contributed by atoms with Crippen LogP contribution in [-0.4, -0.2) is 103 Å². The van der Waals surface area contributed by atoms with Crippen molar-refractivity contribution in [2.75, 3.05) is 73.4 Å². The highest BCUT2D eigenvalue weighted by Crippen LogP contribution is 2.15. The number of esters is 1. The van der Waals surface area contributed by atoms with Crippen molar-refractivity contribution in [1.82, 2.24) is 10.2 Å². The van der Waals surface area contributed by atoms with Gasteiger partial charge in [-0.1, -0.05) is 156 Å². The summed E-state index contributed by atoms with van der Waals surface area (Å²) in [6, 6.07) is -0.0275. The molecule has 0 aromatic rings. The third kappa shape index (κ3) is 45.2. The summed E-state index contributed by atoms with van der Waals surface area (Å²) in [6.45, 7) is 15.5. The average Bonchev–Trinajstić information content (AvgIpc) is 3.24. The van der Waals surface area contributed by atoms with Gasteiger partial charge in [-0.2, -0.15) is 0 Å². The highest BCUT2D eigenvalue weighted by atomic mass is 16.7. The van der Waals surface area contributed by atoms with Crippen molar-refractivity contribution in [3.8, 4) is 0 Å². The number of unbranched alkanes of at least 4 members (excludes halogenated alkanes) is 22.